The molecule has 1 fully saturated rings. The monoisotopic (exact) mass is 293 g/mol. The van der Waals surface area contributed by atoms with Crippen molar-refractivity contribution in [2.75, 3.05) is 11.1 Å². The number of carboxylic acid groups (broad SMARTS) is 1. The second-order valence-corrected chi connectivity index (χ2v) is 7.04. The Bertz CT molecular complexity index is 562. The summed E-state index contributed by atoms with van der Waals surface area (Å²) in [5.41, 5.74) is 2.23. The number of carbonyl (C=O) groups excluding carboxylic acids is 1. The van der Waals surface area contributed by atoms with E-state index >= 15 is 0 Å². The molecular weight excluding hydrogens is 274 g/mol. The quantitative estimate of drug-likeness (QED) is 0.898. The van der Waals surface area contributed by atoms with E-state index in [0.717, 1.165) is 29.7 Å². The van der Waals surface area contributed by atoms with Gasteiger partial charge in [0.25, 0.3) is 0 Å². The Balaban J connectivity index is 2.33. The fourth-order valence-electron chi connectivity index (χ4n) is 2.51. The summed E-state index contributed by atoms with van der Waals surface area (Å²) < 4.78 is -0.451. The maximum Gasteiger partial charge on any atom is 0.337 e. The lowest BCUT2D eigenvalue weighted by Crippen LogP contribution is -2.35. The number of aromatic carboxylic acids is 1. The van der Waals surface area contributed by atoms with E-state index in [0.29, 0.717) is 5.69 Å². The zero-order valence-electron chi connectivity index (χ0n) is 11.9. The van der Waals surface area contributed by atoms with Gasteiger partial charge in [0.2, 0.25) is 5.91 Å². The van der Waals surface area contributed by atoms with Gasteiger partial charge in [-0.15, -0.1) is 11.8 Å². The van der Waals surface area contributed by atoms with Crippen LogP contribution >= 0.6 is 11.8 Å². The highest BCUT2D eigenvalue weighted by Crippen LogP contribution is 2.39. The molecule has 1 aliphatic heterocycles. The van der Waals surface area contributed by atoms with Crippen LogP contribution in [0.4, 0.5) is 5.69 Å². The van der Waals surface area contributed by atoms with Gasteiger partial charge in [-0.3, -0.25) is 4.79 Å². The molecule has 1 heterocycles. The van der Waals surface area contributed by atoms with Crippen LogP contribution in [0, 0.1) is 13.8 Å². The summed E-state index contributed by atoms with van der Waals surface area (Å²) in [4.78, 5) is 23.8. The van der Waals surface area contributed by atoms with Crippen molar-refractivity contribution >= 4 is 29.3 Å². The Labute approximate surface area is 123 Å². The third-order valence-corrected chi connectivity index (χ3v) is 5.17. The lowest BCUT2D eigenvalue weighted by Gasteiger charge is -2.23. The molecule has 0 saturated carbocycles. The van der Waals surface area contributed by atoms with Gasteiger partial charge in [-0.2, -0.15) is 0 Å². The molecule has 108 valence electrons. The average Bonchev–Trinajstić information content (AvgIpc) is 2.80. The number of thioether (sulfide) groups is 1. The number of amides is 1. The molecule has 0 aliphatic carbocycles. The predicted molar refractivity (Wildman–Crippen MR) is 81.6 cm³/mol. The molecule has 1 amide bonds. The first-order valence-corrected chi connectivity index (χ1v) is 7.62. The van der Waals surface area contributed by atoms with Crippen LogP contribution in [0.5, 0.6) is 0 Å². The van der Waals surface area contributed by atoms with Gasteiger partial charge in [0, 0.05) is 0 Å². The summed E-state index contributed by atoms with van der Waals surface area (Å²) in [6.07, 6.45) is 1.85. The predicted octanol–water partition coefficient (Wildman–Crippen LogP) is 3.23. The molecule has 2 rings (SSSR count). The summed E-state index contributed by atoms with van der Waals surface area (Å²) in [5, 5.41) is 12.1. The van der Waals surface area contributed by atoms with Crippen molar-refractivity contribution < 1.29 is 14.7 Å². The van der Waals surface area contributed by atoms with Gasteiger partial charge < -0.3 is 10.4 Å². The average molecular weight is 293 g/mol. The Morgan fingerprint density at radius 2 is 2.05 bits per heavy atom. The Morgan fingerprint density at radius 1 is 1.35 bits per heavy atom. The zero-order valence-corrected chi connectivity index (χ0v) is 12.8. The van der Waals surface area contributed by atoms with Crippen molar-refractivity contribution in [3.05, 3.63) is 28.8 Å². The highest BCUT2D eigenvalue weighted by molar-refractivity contribution is 8.01. The number of benzene rings is 1. The standard InChI is InChI=1S/C15H19NO3S/c1-9-7-10(2)12(11(8-9)13(17)18)16-14(19)15(3)5-4-6-20-15/h7-8H,4-6H2,1-3H3,(H,16,19)(H,17,18). The number of hydrogen-bond acceptors (Lipinski definition) is 3. The third kappa shape index (κ3) is 2.82. The molecule has 4 nitrogen and oxygen atoms in total. The lowest BCUT2D eigenvalue weighted by atomic mass is 10.0. The van der Waals surface area contributed by atoms with Crippen LogP contribution in [-0.4, -0.2) is 27.5 Å². The highest BCUT2D eigenvalue weighted by atomic mass is 32.2. The second-order valence-electron chi connectivity index (χ2n) is 5.45. The largest absolute Gasteiger partial charge is 0.478 e. The van der Waals surface area contributed by atoms with Gasteiger partial charge in [-0.25, -0.2) is 4.79 Å². The first-order chi connectivity index (χ1) is 9.33. The first-order valence-electron chi connectivity index (χ1n) is 6.63. The molecule has 1 saturated heterocycles. The van der Waals surface area contributed by atoms with Crippen molar-refractivity contribution in [1.82, 2.24) is 0 Å². The molecule has 1 aromatic rings. The van der Waals surface area contributed by atoms with E-state index in [2.05, 4.69) is 5.32 Å². The van der Waals surface area contributed by atoms with Crippen molar-refractivity contribution in [1.29, 1.82) is 0 Å². The van der Waals surface area contributed by atoms with E-state index < -0.39 is 10.7 Å². The number of carboxylic acids is 1. The van der Waals surface area contributed by atoms with Gasteiger partial charge in [0.15, 0.2) is 0 Å². The maximum atomic E-state index is 12.4. The Kier molecular flexibility index (Phi) is 4.09. The molecule has 5 heteroatoms. The Hall–Kier alpha value is -1.49. The number of aryl methyl sites for hydroxylation is 2. The van der Waals surface area contributed by atoms with Gasteiger partial charge in [-0.05, 0) is 56.6 Å². The van der Waals surface area contributed by atoms with Gasteiger partial charge >= 0.3 is 5.97 Å². The minimum absolute atomic E-state index is 0.102. The van der Waals surface area contributed by atoms with E-state index in [9.17, 15) is 14.7 Å². The minimum atomic E-state index is -1.02. The first kappa shape index (κ1) is 14.9. The second kappa shape index (κ2) is 5.48. The van der Waals surface area contributed by atoms with Crippen LogP contribution < -0.4 is 5.32 Å². The zero-order chi connectivity index (χ0) is 14.9. The SMILES string of the molecule is Cc1cc(C)c(NC(=O)C2(C)CCCS2)c(C(=O)O)c1. The molecule has 0 spiro atoms. The molecule has 2 N–H and O–H groups in total. The van der Waals surface area contributed by atoms with Gasteiger partial charge in [0.05, 0.1) is 16.0 Å². The molecule has 20 heavy (non-hydrogen) atoms. The number of hydrogen-bond donors (Lipinski definition) is 2. The van der Waals surface area contributed by atoms with Crippen LogP contribution in [0.2, 0.25) is 0 Å². The van der Waals surface area contributed by atoms with Crippen LogP contribution in [0.25, 0.3) is 0 Å². The van der Waals surface area contributed by atoms with Crippen LogP contribution in [0.1, 0.15) is 41.3 Å². The number of carbonyl (C=O) groups is 2. The third-order valence-electron chi connectivity index (χ3n) is 3.65. The fraction of sp³-hybridized carbons (Fsp3) is 0.467. The molecular formula is C15H19NO3S. The molecule has 1 aliphatic rings. The van der Waals surface area contributed by atoms with Gasteiger partial charge in [-0.1, -0.05) is 6.07 Å². The van der Waals surface area contributed by atoms with E-state index in [1.807, 2.05) is 26.8 Å². The maximum absolute atomic E-state index is 12.4. The molecule has 1 aromatic carbocycles. The van der Waals surface area contributed by atoms with Crippen LogP contribution in [0.3, 0.4) is 0 Å². The molecule has 1 atom stereocenters. The molecule has 1 unspecified atom stereocenters. The van der Waals surface area contributed by atoms with E-state index in [1.165, 1.54) is 0 Å². The number of rotatable bonds is 3. The van der Waals surface area contributed by atoms with E-state index in [1.54, 1.807) is 17.8 Å². The topological polar surface area (TPSA) is 66.4 Å². The molecule has 0 aromatic heterocycles. The van der Waals surface area contributed by atoms with Crippen LogP contribution in [0.15, 0.2) is 12.1 Å². The van der Waals surface area contributed by atoms with E-state index in [-0.39, 0.29) is 11.5 Å². The number of nitrogens with one attached hydrogen (secondary N) is 1. The van der Waals surface area contributed by atoms with Crippen molar-refractivity contribution in [2.45, 2.75) is 38.4 Å². The minimum Gasteiger partial charge on any atom is -0.478 e. The molecule has 0 bridgehead atoms. The molecule has 0 radical (unpaired) electrons. The Morgan fingerprint density at radius 3 is 2.60 bits per heavy atom. The van der Waals surface area contributed by atoms with Gasteiger partial charge in [0.1, 0.15) is 0 Å². The van der Waals surface area contributed by atoms with Crippen molar-refractivity contribution in [2.24, 2.45) is 0 Å². The van der Waals surface area contributed by atoms with E-state index in [4.69, 9.17) is 0 Å². The van der Waals surface area contributed by atoms with Crippen LogP contribution in [-0.2, 0) is 4.79 Å². The number of anilines is 1. The lowest BCUT2D eigenvalue weighted by molar-refractivity contribution is -0.118. The summed E-state index contributed by atoms with van der Waals surface area (Å²) in [6.45, 7) is 5.59. The smallest absolute Gasteiger partial charge is 0.337 e. The summed E-state index contributed by atoms with van der Waals surface area (Å²) in [6, 6.07) is 3.47. The summed E-state index contributed by atoms with van der Waals surface area (Å²) in [5.74, 6) is -0.145. The van der Waals surface area contributed by atoms with Crippen molar-refractivity contribution in [3.63, 3.8) is 0 Å². The summed E-state index contributed by atoms with van der Waals surface area (Å²) >= 11 is 1.64. The van der Waals surface area contributed by atoms with Crippen molar-refractivity contribution in [3.8, 4) is 0 Å². The summed E-state index contributed by atoms with van der Waals surface area (Å²) in [7, 11) is 0. The normalized spacial score (nSPS) is 21.8. The highest BCUT2D eigenvalue weighted by Gasteiger charge is 2.37. The fourth-order valence-corrected chi connectivity index (χ4v) is 3.72.